The van der Waals surface area contributed by atoms with Crippen LogP contribution < -0.4 is 0 Å². The van der Waals surface area contributed by atoms with Crippen LogP contribution in [0.25, 0.3) is 5.69 Å². The van der Waals surface area contributed by atoms with Crippen LogP contribution in [0.3, 0.4) is 0 Å². The molecule has 0 fully saturated rings. The van der Waals surface area contributed by atoms with Crippen LogP contribution in [0.1, 0.15) is 16.1 Å². The van der Waals surface area contributed by atoms with Crippen molar-refractivity contribution in [3.05, 3.63) is 76.3 Å². The molecule has 0 aliphatic heterocycles. The van der Waals surface area contributed by atoms with Crippen LogP contribution >= 0.6 is 15.9 Å². The van der Waals surface area contributed by atoms with Gasteiger partial charge in [0.25, 0.3) is 5.91 Å². The minimum absolute atomic E-state index is 0.162. The van der Waals surface area contributed by atoms with E-state index >= 15 is 0 Å². The van der Waals surface area contributed by atoms with Gasteiger partial charge in [-0.05, 0) is 24.3 Å². The highest BCUT2D eigenvalue weighted by molar-refractivity contribution is 9.10. The van der Waals surface area contributed by atoms with Gasteiger partial charge in [-0.3, -0.25) is 4.79 Å². The first kappa shape index (κ1) is 16.3. The number of benzene rings is 2. The van der Waals surface area contributed by atoms with Crippen LogP contribution in [0.5, 0.6) is 0 Å². The molecule has 0 aliphatic carbocycles. The summed E-state index contributed by atoms with van der Waals surface area (Å²) in [6.07, 6.45) is 1.56. The first-order valence-corrected chi connectivity index (χ1v) is 8.01. The molecule has 1 heterocycles. The molecule has 0 bridgehead atoms. The van der Waals surface area contributed by atoms with Crippen molar-refractivity contribution in [3.8, 4) is 5.69 Å². The quantitative estimate of drug-likeness (QED) is 0.687. The van der Waals surface area contributed by atoms with Crippen LogP contribution in [-0.4, -0.2) is 32.8 Å². The maximum absolute atomic E-state index is 13.7. The first-order valence-electron chi connectivity index (χ1n) is 7.22. The molecule has 1 aromatic heterocycles. The summed E-state index contributed by atoms with van der Waals surface area (Å²) < 4.78 is 16.1. The van der Waals surface area contributed by atoms with Gasteiger partial charge >= 0.3 is 0 Å². The molecule has 0 saturated carbocycles. The molecule has 3 aromatic rings. The molecule has 7 heteroatoms. The highest BCUT2D eigenvalue weighted by Gasteiger charge is 2.17. The van der Waals surface area contributed by atoms with Gasteiger partial charge in [0, 0.05) is 23.6 Å². The lowest BCUT2D eigenvalue weighted by atomic mass is 10.2. The third kappa shape index (κ3) is 3.51. The molecular weight excluding hydrogens is 375 g/mol. The zero-order valence-electron chi connectivity index (χ0n) is 12.9. The lowest BCUT2D eigenvalue weighted by molar-refractivity contribution is 0.0778. The van der Waals surface area contributed by atoms with Gasteiger partial charge in [0.15, 0.2) is 5.69 Å². The van der Waals surface area contributed by atoms with Gasteiger partial charge in [-0.1, -0.05) is 45.4 Å². The highest BCUT2D eigenvalue weighted by atomic mass is 79.9. The van der Waals surface area contributed by atoms with Crippen LogP contribution in [-0.2, 0) is 6.54 Å². The Hall–Kier alpha value is -2.54. The molecule has 24 heavy (non-hydrogen) atoms. The molecule has 0 atom stereocenters. The number of aromatic nitrogens is 3. The second-order valence-corrected chi connectivity index (χ2v) is 6.20. The average Bonchev–Trinajstić information content (AvgIpc) is 3.06. The van der Waals surface area contributed by atoms with Crippen LogP contribution in [0.15, 0.2) is 59.2 Å². The predicted octanol–water partition coefficient (Wildman–Crippen LogP) is 3.44. The fourth-order valence-corrected chi connectivity index (χ4v) is 2.64. The van der Waals surface area contributed by atoms with Crippen LogP contribution in [0.4, 0.5) is 4.39 Å². The number of amides is 1. The Balaban J connectivity index is 1.77. The number of hydrogen-bond donors (Lipinski definition) is 0. The standard InChI is InChI=1S/C17H14BrFN4O/c1-22(10-12-5-2-3-8-15(12)19)17(24)16-11-23(21-20-16)14-7-4-6-13(18)9-14/h2-9,11H,10H2,1H3. The lowest BCUT2D eigenvalue weighted by Gasteiger charge is -2.16. The monoisotopic (exact) mass is 388 g/mol. The molecule has 0 radical (unpaired) electrons. The van der Waals surface area contributed by atoms with Crippen molar-refractivity contribution in [2.24, 2.45) is 0 Å². The fourth-order valence-electron chi connectivity index (χ4n) is 2.26. The summed E-state index contributed by atoms with van der Waals surface area (Å²) in [5.74, 6) is -0.658. The van der Waals surface area contributed by atoms with Crippen molar-refractivity contribution >= 4 is 21.8 Å². The number of nitrogens with zero attached hydrogens (tertiary/aromatic N) is 4. The van der Waals surface area contributed by atoms with E-state index < -0.39 is 0 Å². The van der Waals surface area contributed by atoms with Crippen LogP contribution in [0.2, 0.25) is 0 Å². The van der Waals surface area contributed by atoms with Gasteiger partial charge in [0.05, 0.1) is 11.9 Å². The summed E-state index contributed by atoms with van der Waals surface area (Å²) >= 11 is 3.39. The SMILES string of the molecule is CN(Cc1ccccc1F)C(=O)c1cn(-c2cccc(Br)c2)nn1. The highest BCUT2D eigenvalue weighted by Crippen LogP contribution is 2.15. The minimum Gasteiger partial charge on any atom is -0.336 e. The van der Waals surface area contributed by atoms with Gasteiger partial charge in [0.1, 0.15) is 5.82 Å². The molecule has 3 rings (SSSR count). The number of carbonyl (C=O) groups excluding carboxylic acids is 1. The van der Waals surface area contributed by atoms with E-state index in [9.17, 15) is 9.18 Å². The Morgan fingerprint density at radius 1 is 1.25 bits per heavy atom. The second kappa shape index (κ2) is 6.92. The summed E-state index contributed by atoms with van der Waals surface area (Å²) in [6, 6.07) is 13.9. The van der Waals surface area contributed by atoms with E-state index in [0.29, 0.717) is 5.56 Å². The zero-order valence-corrected chi connectivity index (χ0v) is 14.4. The van der Waals surface area contributed by atoms with Gasteiger partial charge in [0.2, 0.25) is 0 Å². The zero-order chi connectivity index (χ0) is 17.1. The Labute approximate surface area is 146 Å². The van der Waals surface area contributed by atoms with E-state index in [2.05, 4.69) is 26.2 Å². The average molecular weight is 389 g/mol. The Bertz CT molecular complexity index is 880. The van der Waals surface area contributed by atoms with E-state index in [0.717, 1.165) is 10.2 Å². The minimum atomic E-state index is -0.338. The predicted molar refractivity (Wildman–Crippen MR) is 91.3 cm³/mol. The molecular formula is C17H14BrFN4O. The van der Waals surface area contributed by atoms with E-state index in [-0.39, 0.29) is 24.0 Å². The van der Waals surface area contributed by atoms with E-state index in [1.165, 1.54) is 15.6 Å². The van der Waals surface area contributed by atoms with Gasteiger partial charge in [-0.25, -0.2) is 9.07 Å². The number of halogens is 2. The summed E-state index contributed by atoms with van der Waals surface area (Å²) in [7, 11) is 1.60. The summed E-state index contributed by atoms with van der Waals surface area (Å²) in [4.78, 5) is 13.9. The normalized spacial score (nSPS) is 10.6. The maximum atomic E-state index is 13.7. The molecule has 5 nitrogen and oxygen atoms in total. The summed E-state index contributed by atoms with van der Waals surface area (Å²) in [5.41, 5.74) is 1.44. The summed E-state index contributed by atoms with van der Waals surface area (Å²) in [6.45, 7) is 0.162. The van der Waals surface area contributed by atoms with Crippen molar-refractivity contribution < 1.29 is 9.18 Å². The second-order valence-electron chi connectivity index (χ2n) is 5.28. The topological polar surface area (TPSA) is 51.0 Å². The maximum Gasteiger partial charge on any atom is 0.276 e. The number of rotatable bonds is 4. The number of carbonyl (C=O) groups is 1. The molecule has 0 spiro atoms. The van der Waals surface area contributed by atoms with Crippen molar-refractivity contribution in [1.29, 1.82) is 0 Å². The molecule has 0 N–H and O–H groups in total. The lowest BCUT2D eigenvalue weighted by Crippen LogP contribution is -2.27. The van der Waals surface area contributed by atoms with Gasteiger partial charge in [-0.15, -0.1) is 5.10 Å². The van der Waals surface area contributed by atoms with Crippen molar-refractivity contribution in [2.45, 2.75) is 6.54 Å². The smallest absolute Gasteiger partial charge is 0.276 e. The summed E-state index contributed by atoms with van der Waals surface area (Å²) in [5, 5.41) is 7.90. The van der Waals surface area contributed by atoms with Gasteiger partial charge in [-0.2, -0.15) is 0 Å². The van der Waals surface area contributed by atoms with Crippen molar-refractivity contribution in [3.63, 3.8) is 0 Å². The largest absolute Gasteiger partial charge is 0.336 e. The third-order valence-corrected chi connectivity index (χ3v) is 3.99. The molecule has 122 valence electrons. The molecule has 1 amide bonds. The van der Waals surface area contributed by atoms with Crippen molar-refractivity contribution in [1.82, 2.24) is 19.9 Å². The molecule has 2 aromatic carbocycles. The van der Waals surface area contributed by atoms with Gasteiger partial charge < -0.3 is 4.90 Å². The number of hydrogen-bond acceptors (Lipinski definition) is 3. The molecule has 0 saturated heterocycles. The molecule has 0 unspecified atom stereocenters. The fraction of sp³-hybridized carbons (Fsp3) is 0.118. The van der Waals surface area contributed by atoms with Crippen LogP contribution in [0, 0.1) is 5.82 Å². The van der Waals surface area contributed by atoms with E-state index in [1.807, 2.05) is 24.3 Å². The Kier molecular flexibility index (Phi) is 4.71. The van der Waals surface area contributed by atoms with E-state index in [4.69, 9.17) is 0 Å². The first-order chi connectivity index (χ1) is 11.5. The Morgan fingerprint density at radius 3 is 2.79 bits per heavy atom. The molecule has 0 aliphatic rings. The van der Waals surface area contributed by atoms with E-state index in [1.54, 1.807) is 31.4 Å². The van der Waals surface area contributed by atoms with Crippen molar-refractivity contribution in [2.75, 3.05) is 7.05 Å². The third-order valence-electron chi connectivity index (χ3n) is 3.50. The Morgan fingerprint density at radius 2 is 2.04 bits per heavy atom.